The van der Waals surface area contributed by atoms with Crippen LogP contribution in [0.2, 0.25) is 0 Å². The highest BCUT2D eigenvalue weighted by molar-refractivity contribution is 5.79. The van der Waals surface area contributed by atoms with Gasteiger partial charge in [0.15, 0.2) is 0 Å². The minimum Gasteiger partial charge on any atom is -0.495 e. The lowest BCUT2D eigenvalue weighted by Crippen LogP contribution is -2.17. The van der Waals surface area contributed by atoms with E-state index in [9.17, 15) is 4.79 Å². The van der Waals surface area contributed by atoms with Crippen molar-refractivity contribution in [2.24, 2.45) is 0 Å². The van der Waals surface area contributed by atoms with Gasteiger partial charge < -0.3 is 20.1 Å². The average Bonchev–Trinajstić information content (AvgIpc) is 2.77. The van der Waals surface area contributed by atoms with E-state index in [-0.39, 0.29) is 0 Å². The molecule has 0 atom stereocenters. The molecule has 5 heteroatoms. The van der Waals surface area contributed by atoms with Crippen LogP contribution in [0.5, 0.6) is 5.75 Å². The number of amides is 1. The normalized spacial score (nSPS) is 14.2. The Labute approximate surface area is 130 Å². The fourth-order valence-electron chi connectivity index (χ4n) is 2.30. The van der Waals surface area contributed by atoms with Gasteiger partial charge in [-0.25, -0.2) is 0 Å². The van der Waals surface area contributed by atoms with Gasteiger partial charge in [-0.2, -0.15) is 0 Å². The predicted molar refractivity (Wildman–Crippen MR) is 87.0 cm³/mol. The van der Waals surface area contributed by atoms with Gasteiger partial charge in [0.05, 0.1) is 25.6 Å². The zero-order valence-electron chi connectivity index (χ0n) is 13.0. The smallest absolute Gasteiger partial charge is 0.213 e. The van der Waals surface area contributed by atoms with Crippen molar-refractivity contribution in [3.63, 3.8) is 0 Å². The Balaban J connectivity index is 2.49. The molecule has 0 aromatic heterocycles. The number of rotatable bonds is 5. The summed E-state index contributed by atoms with van der Waals surface area (Å²) in [5, 5.41) is 0. The molecular weight excluding hydrogens is 280 g/mol. The predicted octanol–water partition coefficient (Wildman–Crippen LogP) is 2.57. The van der Waals surface area contributed by atoms with E-state index in [1.807, 2.05) is 36.4 Å². The Hall–Kier alpha value is -2.69. The SMILES string of the molecule is COC1=C(N(C)C=O)CC=CC(c2ccc(N)c(OC)c2)=C1. The molecule has 5 nitrogen and oxygen atoms in total. The Bertz CT molecular complexity index is 660. The second kappa shape index (κ2) is 6.85. The summed E-state index contributed by atoms with van der Waals surface area (Å²) in [7, 11) is 4.89. The number of nitrogens with zero attached hydrogens (tertiary/aromatic N) is 1. The summed E-state index contributed by atoms with van der Waals surface area (Å²) in [6.07, 6.45) is 7.28. The van der Waals surface area contributed by atoms with E-state index in [0.29, 0.717) is 23.6 Å². The number of benzene rings is 1. The molecule has 0 saturated heterocycles. The molecule has 0 spiro atoms. The Morgan fingerprint density at radius 3 is 2.68 bits per heavy atom. The van der Waals surface area contributed by atoms with Crippen molar-refractivity contribution in [1.29, 1.82) is 0 Å². The second-order valence-corrected chi connectivity index (χ2v) is 4.89. The number of nitrogens with two attached hydrogens (primary N) is 1. The largest absolute Gasteiger partial charge is 0.495 e. The van der Waals surface area contributed by atoms with Gasteiger partial charge in [0, 0.05) is 13.5 Å². The summed E-state index contributed by atoms with van der Waals surface area (Å²) in [6, 6.07) is 5.62. The highest BCUT2D eigenvalue weighted by Gasteiger charge is 2.14. The van der Waals surface area contributed by atoms with Crippen molar-refractivity contribution in [2.45, 2.75) is 6.42 Å². The van der Waals surface area contributed by atoms with E-state index in [2.05, 4.69) is 0 Å². The maximum absolute atomic E-state index is 11.0. The lowest BCUT2D eigenvalue weighted by atomic mass is 10.0. The molecule has 0 radical (unpaired) electrons. The highest BCUT2D eigenvalue weighted by atomic mass is 16.5. The molecule has 1 aliphatic rings. The fourth-order valence-corrected chi connectivity index (χ4v) is 2.30. The first-order chi connectivity index (χ1) is 10.6. The quantitative estimate of drug-likeness (QED) is 0.670. The van der Waals surface area contributed by atoms with Gasteiger partial charge in [0.2, 0.25) is 6.41 Å². The summed E-state index contributed by atoms with van der Waals surface area (Å²) in [4.78, 5) is 12.5. The van der Waals surface area contributed by atoms with Gasteiger partial charge in [-0.3, -0.25) is 4.79 Å². The molecule has 116 valence electrons. The molecule has 0 heterocycles. The highest BCUT2D eigenvalue weighted by Crippen LogP contribution is 2.30. The third kappa shape index (κ3) is 3.14. The van der Waals surface area contributed by atoms with Crippen LogP contribution in [-0.2, 0) is 9.53 Å². The molecule has 2 N–H and O–H groups in total. The molecule has 0 bridgehead atoms. The van der Waals surface area contributed by atoms with Gasteiger partial charge in [-0.1, -0.05) is 18.2 Å². The van der Waals surface area contributed by atoms with Crippen molar-refractivity contribution >= 4 is 17.7 Å². The van der Waals surface area contributed by atoms with E-state index in [0.717, 1.165) is 23.2 Å². The van der Waals surface area contributed by atoms with E-state index < -0.39 is 0 Å². The van der Waals surface area contributed by atoms with E-state index in [4.69, 9.17) is 15.2 Å². The van der Waals surface area contributed by atoms with Gasteiger partial charge in [0.25, 0.3) is 0 Å². The van der Waals surface area contributed by atoms with Crippen LogP contribution >= 0.6 is 0 Å². The van der Waals surface area contributed by atoms with Crippen molar-refractivity contribution in [3.05, 3.63) is 53.4 Å². The maximum Gasteiger partial charge on any atom is 0.213 e. The number of hydrogen-bond acceptors (Lipinski definition) is 4. The zero-order chi connectivity index (χ0) is 16.1. The van der Waals surface area contributed by atoms with Gasteiger partial charge in [-0.05, 0) is 29.3 Å². The van der Waals surface area contributed by atoms with E-state index in [1.54, 1.807) is 21.3 Å². The van der Waals surface area contributed by atoms with Crippen molar-refractivity contribution in [1.82, 2.24) is 4.90 Å². The number of carbonyl (C=O) groups excluding carboxylic acids is 1. The summed E-state index contributed by atoms with van der Waals surface area (Å²) < 4.78 is 10.7. The van der Waals surface area contributed by atoms with Crippen molar-refractivity contribution in [3.8, 4) is 5.75 Å². The second-order valence-electron chi connectivity index (χ2n) is 4.89. The zero-order valence-corrected chi connectivity index (χ0v) is 13.0. The van der Waals surface area contributed by atoms with Gasteiger partial charge >= 0.3 is 0 Å². The summed E-state index contributed by atoms with van der Waals surface area (Å²) in [5.74, 6) is 1.29. The summed E-state index contributed by atoms with van der Waals surface area (Å²) in [5.41, 5.74) is 9.18. The summed E-state index contributed by atoms with van der Waals surface area (Å²) in [6.45, 7) is 0. The van der Waals surface area contributed by atoms with Crippen LogP contribution in [-0.4, -0.2) is 32.6 Å². The third-order valence-corrected chi connectivity index (χ3v) is 3.55. The first kappa shape index (κ1) is 15.7. The van der Waals surface area contributed by atoms with E-state index >= 15 is 0 Å². The standard InChI is InChI=1S/C17H20N2O3/c1-19(11-20)15-6-4-5-12(10-17(15)22-3)13-7-8-14(18)16(9-13)21-2/h4-5,7-11H,6,18H2,1-3H3. The van der Waals surface area contributed by atoms with Gasteiger partial charge in [0.1, 0.15) is 11.5 Å². The molecule has 0 fully saturated rings. The molecule has 1 aliphatic carbocycles. The molecule has 0 unspecified atom stereocenters. The van der Waals surface area contributed by atoms with Crippen LogP contribution in [0.15, 0.2) is 47.9 Å². The topological polar surface area (TPSA) is 64.8 Å². The average molecular weight is 300 g/mol. The minimum absolute atomic E-state index is 0.591. The number of nitrogen functional groups attached to an aromatic ring is 1. The summed E-state index contributed by atoms with van der Waals surface area (Å²) >= 11 is 0. The minimum atomic E-state index is 0.591. The number of anilines is 1. The van der Waals surface area contributed by atoms with Crippen LogP contribution in [0.25, 0.3) is 5.57 Å². The molecule has 1 aromatic carbocycles. The number of allylic oxidation sites excluding steroid dienone is 4. The lowest BCUT2D eigenvalue weighted by Gasteiger charge is -2.16. The van der Waals surface area contributed by atoms with Crippen LogP contribution in [0.3, 0.4) is 0 Å². The monoisotopic (exact) mass is 300 g/mol. The van der Waals surface area contributed by atoms with Crippen LogP contribution < -0.4 is 10.5 Å². The number of carbonyl (C=O) groups is 1. The van der Waals surface area contributed by atoms with E-state index in [1.165, 1.54) is 4.90 Å². The molecule has 0 aliphatic heterocycles. The van der Waals surface area contributed by atoms with Crippen LogP contribution in [0.1, 0.15) is 12.0 Å². The molecule has 22 heavy (non-hydrogen) atoms. The first-order valence-electron chi connectivity index (χ1n) is 6.88. The molecule has 1 aromatic rings. The Morgan fingerprint density at radius 1 is 1.27 bits per heavy atom. The van der Waals surface area contributed by atoms with Crippen molar-refractivity contribution < 1.29 is 14.3 Å². The first-order valence-corrected chi connectivity index (χ1v) is 6.88. The number of hydrogen-bond donors (Lipinski definition) is 1. The number of ether oxygens (including phenoxy) is 2. The Morgan fingerprint density at radius 2 is 2.05 bits per heavy atom. The van der Waals surface area contributed by atoms with Crippen LogP contribution in [0, 0.1) is 0 Å². The van der Waals surface area contributed by atoms with Gasteiger partial charge in [-0.15, -0.1) is 0 Å². The molecular formula is C17H20N2O3. The number of methoxy groups -OCH3 is 2. The van der Waals surface area contributed by atoms with Crippen LogP contribution in [0.4, 0.5) is 5.69 Å². The van der Waals surface area contributed by atoms with Crippen molar-refractivity contribution in [2.75, 3.05) is 27.0 Å². The molecule has 1 amide bonds. The third-order valence-electron chi connectivity index (χ3n) is 3.55. The fraction of sp³-hybridized carbons (Fsp3) is 0.235. The Kier molecular flexibility index (Phi) is 4.88. The molecule has 2 rings (SSSR count). The molecule has 0 saturated carbocycles. The lowest BCUT2D eigenvalue weighted by molar-refractivity contribution is -0.115. The maximum atomic E-state index is 11.0.